The number of amides is 1. The summed E-state index contributed by atoms with van der Waals surface area (Å²) in [4.78, 5) is 12.0. The molecule has 4 aromatic rings. The summed E-state index contributed by atoms with van der Waals surface area (Å²) in [6.45, 7) is -0.174. The van der Waals surface area contributed by atoms with Crippen LogP contribution in [0, 0.1) is 17.1 Å². The van der Waals surface area contributed by atoms with E-state index in [4.69, 9.17) is 4.74 Å². The summed E-state index contributed by atoms with van der Waals surface area (Å²) >= 11 is 0. The van der Waals surface area contributed by atoms with Crippen LogP contribution < -0.4 is 10.1 Å². The lowest BCUT2D eigenvalue weighted by molar-refractivity contribution is -0.118. The molecule has 0 atom stereocenters. The lowest BCUT2D eigenvalue weighted by Gasteiger charge is -2.08. The number of carbonyl (C=O) groups is 1. The zero-order chi connectivity index (χ0) is 22.3. The van der Waals surface area contributed by atoms with Gasteiger partial charge in [-0.2, -0.15) is 5.26 Å². The fraction of sp³-hybridized carbons (Fsp3) is 0.0370. The lowest BCUT2D eigenvalue weighted by Crippen LogP contribution is -2.20. The van der Waals surface area contributed by atoms with Crippen LogP contribution in [0.15, 0.2) is 91.0 Å². The van der Waals surface area contributed by atoms with Gasteiger partial charge >= 0.3 is 0 Å². The molecule has 0 aromatic heterocycles. The van der Waals surface area contributed by atoms with Crippen LogP contribution in [0.4, 0.5) is 10.1 Å². The van der Waals surface area contributed by atoms with Crippen molar-refractivity contribution in [1.82, 2.24) is 0 Å². The molecule has 4 nitrogen and oxygen atoms in total. The molecule has 4 aromatic carbocycles. The fourth-order valence-corrected chi connectivity index (χ4v) is 3.24. The Kier molecular flexibility index (Phi) is 6.24. The Morgan fingerprint density at radius 1 is 0.938 bits per heavy atom. The van der Waals surface area contributed by atoms with E-state index >= 15 is 0 Å². The molecule has 0 bridgehead atoms. The van der Waals surface area contributed by atoms with Gasteiger partial charge < -0.3 is 10.1 Å². The Bertz CT molecular complexity index is 1320. The van der Waals surface area contributed by atoms with Crippen molar-refractivity contribution in [2.75, 3.05) is 11.9 Å². The summed E-state index contributed by atoms with van der Waals surface area (Å²) in [7, 11) is 0. The quantitative estimate of drug-likeness (QED) is 0.303. The fourth-order valence-electron chi connectivity index (χ4n) is 3.24. The van der Waals surface area contributed by atoms with Crippen molar-refractivity contribution in [3.05, 3.63) is 108 Å². The molecule has 0 fully saturated rings. The van der Waals surface area contributed by atoms with Crippen molar-refractivity contribution in [2.45, 2.75) is 0 Å². The van der Waals surface area contributed by atoms with Crippen LogP contribution in [0.1, 0.15) is 11.1 Å². The molecule has 0 saturated heterocycles. The number of nitriles is 1. The normalized spacial score (nSPS) is 11.1. The summed E-state index contributed by atoms with van der Waals surface area (Å²) < 4.78 is 18.4. The van der Waals surface area contributed by atoms with Gasteiger partial charge in [-0.15, -0.1) is 0 Å². The number of anilines is 1. The second-order valence-electron chi connectivity index (χ2n) is 7.14. The van der Waals surface area contributed by atoms with Crippen LogP contribution in [0.25, 0.3) is 22.4 Å². The predicted octanol–water partition coefficient (Wildman–Crippen LogP) is 6.06. The maximum absolute atomic E-state index is 12.9. The molecule has 0 radical (unpaired) electrons. The molecule has 5 heteroatoms. The Hall–Kier alpha value is -4.43. The number of hydrogen-bond acceptors (Lipinski definition) is 3. The van der Waals surface area contributed by atoms with Gasteiger partial charge in [0.15, 0.2) is 6.61 Å². The van der Waals surface area contributed by atoms with Crippen LogP contribution >= 0.6 is 0 Å². The van der Waals surface area contributed by atoms with Crippen LogP contribution in [-0.4, -0.2) is 12.5 Å². The third-order valence-corrected chi connectivity index (χ3v) is 4.87. The summed E-state index contributed by atoms with van der Waals surface area (Å²) in [6, 6.07) is 28.9. The first kappa shape index (κ1) is 20.8. The molecule has 0 saturated carbocycles. The Morgan fingerprint density at radius 2 is 1.66 bits per heavy atom. The minimum atomic E-state index is -0.367. The number of fused-ring (bicyclic) bond motifs is 1. The SMILES string of the molecule is N#C/C(=C/c1ccc(OCC(=O)Nc2ccc(F)cc2)cc1)c1ccc2ccccc2c1. The van der Waals surface area contributed by atoms with Crippen LogP contribution in [0.2, 0.25) is 0 Å². The molecule has 0 aliphatic heterocycles. The molecule has 0 unspecified atom stereocenters. The van der Waals surface area contributed by atoms with E-state index in [1.54, 1.807) is 12.1 Å². The van der Waals surface area contributed by atoms with E-state index < -0.39 is 0 Å². The van der Waals surface area contributed by atoms with Gasteiger partial charge in [0.25, 0.3) is 5.91 Å². The van der Waals surface area contributed by atoms with Crippen LogP contribution in [0.5, 0.6) is 5.75 Å². The summed E-state index contributed by atoms with van der Waals surface area (Å²) in [5, 5.41) is 14.5. The molecule has 4 rings (SSSR count). The first-order valence-corrected chi connectivity index (χ1v) is 10.00. The molecule has 156 valence electrons. The van der Waals surface area contributed by atoms with Gasteiger partial charge in [-0.25, -0.2) is 4.39 Å². The third kappa shape index (κ3) is 5.18. The Balaban J connectivity index is 1.40. The zero-order valence-corrected chi connectivity index (χ0v) is 17.1. The van der Waals surface area contributed by atoms with Crippen molar-refractivity contribution in [2.24, 2.45) is 0 Å². The number of rotatable bonds is 6. The average Bonchev–Trinajstić information content (AvgIpc) is 2.83. The highest BCUT2D eigenvalue weighted by Crippen LogP contribution is 2.23. The van der Waals surface area contributed by atoms with Gasteiger partial charge in [0.1, 0.15) is 11.6 Å². The summed E-state index contributed by atoms with van der Waals surface area (Å²) in [5.74, 6) is -0.183. The van der Waals surface area contributed by atoms with Crippen molar-refractivity contribution in [3.63, 3.8) is 0 Å². The van der Waals surface area contributed by atoms with E-state index in [2.05, 4.69) is 11.4 Å². The molecular weight excluding hydrogens is 403 g/mol. The number of nitrogens with zero attached hydrogens (tertiary/aromatic N) is 1. The molecule has 0 spiro atoms. The highest BCUT2D eigenvalue weighted by Gasteiger charge is 2.06. The van der Waals surface area contributed by atoms with E-state index in [1.165, 1.54) is 24.3 Å². The predicted molar refractivity (Wildman–Crippen MR) is 124 cm³/mol. The summed E-state index contributed by atoms with van der Waals surface area (Å²) in [6.07, 6.45) is 1.81. The average molecular weight is 422 g/mol. The number of allylic oxidation sites excluding steroid dienone is 1. The van der Waals surface area contributed by atoms with E-state index in [0.717, 1.165) is 21.9 Å². The Morgan fingerprint density at radius 3 is 2.38 bits per heavy atom. The van der Waals surface area contributed by atoms with Crippen molar-refractivity contribution in [1.29, 1.82) is 5.26 Å². The first-order valence-electron chi connectivity index (χ1n) is 10.00. The number of nitrogens with one attached hydrogen (secondary N) is 1. The molecule has 0 aliphatic carbocycles. The maximum Gasteiger partial charge on any atom is 0.262 e. The van der Waals surface area contributed by atoms with Gasteiger partial charge in [-0.3, -0.25) is 4.79 Å². The first-order chi connectivity index (χ1) is 15.6. The molecule has 0 heterocycles. The topological polar surface area (TPSA) is 62.1 Å². The minimum Gasteiger partial charge on any atom is -0.484 e. The van der Waals surface area contributed by atoms with E-state index in [9.17, 15) is 14.4 Å². The standard InChI is InChI=1S/C27H19FN2O2/c28-24-9-11-25(12-10-24)30-27(31)18-32-26-13-5-19(6-14-26)15-23(17-29)22-8-7-20-3-1-2-4-21(20)16-22/h1-16H,18H2,(H,30,31)/b23-15-. The third-order valence-electron chi connectivity index (χ3n) is 4.87. The van der Waals surface area contributed by atoms with Gasteiger partial charge in [0.2, 0.25) is 0 Å². The highest BCUT2D eigenvalue weighted by atomic mass is 19.1. The lowest BCUT2D eigenvalue weighted by atomic mass is 10.0. The minimum absolute atomic E-state index is 0.174. The number of carbonyl (C=O) groups excluding carboxylic acids is 1. The number of benzene rings is 4. The zero-order valence-electron chi connectivity index (χ0n) is 17.1. The smallest absolute Gasteiger partial charge is 0.262 e. The second kappa shape index (κ2) is 9.59. The van der Waals surface area contributed by atoms with Gasteiger partial charge in [-0.1, -0.05) is 48.5 Å². The van der Waals surface area contributed by atoms with E-state index in [1.807, 2.05) is 60.7 Å². The second-order valence-corrected chi connectivity index (χ2v) is 7.14. The maximum atomic E-state index is 12.9. The Labute approximate surface area is 185 Å². The molecular formula is C27H19FN2O2. The van der Waals surface area contributed by atoms with E-state index in [0.29, 0.717) is 17.0 Å². The highest BCUT2D eigenvalue weighted by molar-refractivity contribution is 5.94. The summed E-state index contributed by atoms with van der Waals surface area (Å²) in [5.41, 5.74) is 2.75. The molecule has 1 N–H and O–H groups in total. The van der Waals surface area contributed by atoms with E-state index in [-0.39, 0.29) is 18.3 Å². The van der Waals surface area contributed by atoms with Crippen LogP contribution in [-0.2, 0) is 4.79 Å². The largest absolute Gasteiger partial charge is 0.484 e. The molecule has 0 aliphatic rings. The van der Waals surface area contributed by atoms with Gasteiger partial charge in [0, 0.05) is 5.69 Å². The van der Waals surface area contributed by atoms with Gasteiger partial charge in [0.05, 0.1) is 11.6 Å². The number of hydrogen-bond donors (Lipinski definition) is 1. The molecule has 1 amide bonds. The molecule has 32 heavy (non-hydrogen) atoms. The number of ether oxygens (including phenoxy) is 1. The van der Waals surface area contributed by atoms with Crippen molar-refractivity contribution in [3.8, 4) is 11.8 Å². The van der Waals surface area contributed by atoms with Crippen LogP contribution in [0.3, 0.4) is 0 Å². The van der Waals surface area contributed by atoms with Crippen molar-refractivity contribution >= 4 is 34.0 Å². The van der Waals surface area contributed by atoms with Crippen molar-refractivity contribution < 1.29 is 13.9 Å². The number of halogens is 1. The monoisotopic (exact) mass is 422 g/mol. The van der Waals surface area contributed by atoms with Gasteiger partial charge in [-0.05, 0) is 70.4 Å².